The van der Waals surface area contributed by atoms with Crippen LogP contribution in [0.2, 0.25) is 0 Å². The fourth-order valence-electron chi connectivity index (χ4n) is 4.61. The number of halogens is 2. The molecule has 0 saturated heterocycles. The summed E-state index contributed by atoms with van der Waals surface area (Å²) in [5.41, 5.74) is 0. The molecule has 0 atom stereocenters. The molecule has 0 aliphatic rings. The molecule has 0 rings (SSSR count). The van der Waals surface area contributed by atoms with Crippen LogP contribution in [0.5, 0.6) is 0 Å². The molecule has 35 heavy (non-hydrogen) atoms. The first-order chi connectivity index (χ1) is 15.1. The van der Waals surface area contributed by atoms with Gasteiger partial charge in [-0.3, -0.25) is 9.11 Å². The van der Waals surface area contributed by atoms with Crippen molar-refractivity contribution in [3.8, 4) is 0 Å². The van der Waals surface area contributed by atoms with Gasteiger partial charge in [0.2, 0.25) is 0 Å². The van der Waals surface area contributed by atoms with E-state index in [0.29, 0.717) is 12.8 Å². The maximum atomic E-state index is 10.7. The molecule has 0 aliphatic heterocycles. The molecule has 0 aromatic rings. The van der Waals surface area contributed by atoms with Crippen LogP contribution in [0, 0.1) is 0 Å². The number of rotatable bonds is 8. The van der Waals surface area contributed by atoms with E-state index in [1.807, 2.05) is 0 Å². The third kappa shape index (κ3) is 25.9. The summed E-state index contributed by atoms with van der Waals surface area (Å²) in [6.45, 7) is 26.7. The minimum atomic E-state index is -3.79. The van der Waals surface area contributed by atoms with E-state index in [9.17, 15) is 16.8 Å². The van der Waals surface area contributed by atoms with Crippen LogP contribution in [0.1, 0.15) is 95.9 Å². The molecule has 13 heteroatoms. The Kier molecular flexibility index (Phi) is 20.0. The van der Waals surface area contributed by atoms with Crippen molar-refractivity contribution in [1.82, 2.24) is 0 Å². The van der Waals surface area contributed by atoms with Crippen LogP contribution in [0.4, 0.5) is 0 Å². The molecule has 0 aromatic heterocycles. The van der Waals surface area contributed by atoms with Crippen molar-refractivity contribution < 1.29 is 41.9 Å². The predicted octanol–water partition coefficient (Wildman–Crippen LogP) is 7.53. The van der Waals surface area contributed by atoms with Gasteiger partial charge in [-0.25, -0.2) is 0 Å². The van der Waals surface area contributed by atoms with Gasteiger partial charge in [0, 0.05) is 15.8 Å². The average Bonchev–Trinajstić information content (AvgIpc) is 2.50. The normalized spacial score (nSPS) is 13.9. The van der Waals surface area contributed by atoms with Crippen LogP contribution in [0.3, 0.4) is 0 Å². The van der Waals surface area contributed by atoms with Crippen LogP contribution < -0.4 is 0 Å². The summed E-state index contributed by atoms with van der Waals surface area (Å²) in [5, 5.41) is 1.01. The quantitative estimate of drug-likeness (QED) is 0.153. The van der Waals surface area contributed by atoms with Crippen LogP contribution in [-0.4, -0.2) is 70.4 Å². The van der Waals surface area contributed by atoms with E-state index in [1.165, 1.54) is 0 Å². The molecule has 6 nitrogen and oxygen atoms in total. The minimum absolute atomic E-state index is 0.104. The zero-order valence-corrected chi connectivity index (χ0v) is 30.4. The summed E-state index contributed by atoms with van der Waals surface area (Å²) >= 11 is -0.106. The summed E-state index contributed by atoms with van der Waals surface area (Å²) in [6, 6.07) is 0. The molecule has 0 spiro atoms. The SMILES string of the molecule is CC(C)(C)[PH+](CCCS(=O)(=O)O)C(C)(C)C.CC(C)(C)[PH+](CCCS(=O)(=O)O)C(C)(C)C.[Cl][Pd][Cl]. The van der Waals surface area contributed by atoms with Gasteiger partial charge in [0.1, 0.15) is 0 Å². The van der Waals surface area contributed by atoms with Crippen molar-refractivity contribution >= 4 is 55.1 Å². The van der Waals surface area contributed by atoms with Crippen molar-refractivity contribution in [2.75, 3.05) is 23.8 Å². The van der Waals surface area contributed by atoms with Gasteiger partial charge in [-0.15, -0.1) is 0 Å². The van der Waals surface area contributed by atoms with Crippen molar-refractivity contribution in [3.63, 3.8) is 0 Å². The molecule has 0 fully saturated rings. The second-order valence-corrected chi connectivity index (χ2v) is 27.2. The molecule has 0 saturated carbocycles. The standard InChI is InChI=1S/2C11H25O3PS.2ClH.Pd/c2*1-10(2,3)15(11(4,5)6)8-7-9-16(12,13)14;;;/h2*7-9H2,1-6H3,(H,12,13,14);2*1H;/q;;;;+2. The number of hydrogen-bond donors (Lipinski definition) is 2. The molecule has 2 N–H and O–H groups in total. The van der Waals surface area contributed by atoms with Gasteiger partial charge < -0.3 is 0 Å². The van der Waals surface area contributed by atoms with E-state index in [0.717, 1.165) is 12.3 Å². The first kappa shape index (κ1) is 41.4. The number of hydrogen-bond acceptors (Lipinski definition) is 4. The van der Waals surface area contributed by atoms with Gasteiger partial charge in [-0.2, -0.15) is 16.8 Å². The summed E-state index contributed by atoms with van der Waals surface area (Å²) < 4.78 is 60.2. The molecule has 220 valence electrons. The van der Waals surface area contributed by atoms with E-state index in [-0.39, 0.29) is 48.1 Å². The Hall–Kier alpha value is 1.92. The van der Waals surface area contributed by atoms with Gasteiger partial charge >= 0.3 is 35.0 Å². The second-order valence-electron chi connectivity index (χ2n) is 12.8. The third-order valence-electron chi connectivity index (χ3n) is 5.28. The van der Waals surface area contributed by atoms with E-state index in [2.05, 4.69) is 83.1 Å². The van der Waals surface area contributed by atoms with E-state index >= 15 is 0 Å². The third-order valence-corrected chi connectivity index (χ3v) is 15.8. The van der Waals surface area contributed by atoms with Crippen molar-refractivity contribution in [3.05, 3.63) is 0 Å². The van der Waals surface area contributed by atoms with Gasteiger partial charge in [0.25, 0.3) is 20.2 Å². The van der Waals surface area contributed by atoms with Crippen molar-refractivity contribution in [1.29, 1.82) is 0 Å². The summed E-state index contributed by atoms with van der Waals surface area (Å²) in [6.07, 6.45) is 3.00. The van der Waals surface area contributed by atoms with Crippen LogP contribution in [0.15, 0.2) is 0 Å². The monoisotopic (exact) mass is 714 g/mol. The molecule has 0 unspecified atom stereocenters. The fourth-order valence-corrected chi connectivity index (χ4v) is 14.7. The van der Waals surface area contributed by atoms with Crippen LogP contribution >= 0.6 is 34.9 Å². The molecular formula is C22H52Cl2O6P2PdS2+2. The zero-order valence-electron chi connectivity index (χ0n) is 23.7. The Balaban J connectivity index is -0.000000525. The predicted molar refractivity (Wildman–Crippen MR) is 159 cm³/mol. The molecule has 0 aromatic carbocycles. The molecular weight excluding hydrogens is 664 g/mol. The topological polar surface area (TPSA) is 109 Å². The molecule has 0 aliphatic carbocycles. The Morgan fingerprint density at radius 2 is 0.743 bits per heavy atom. The van der Waals surface area contributed by atoms with E-state index < -0.39 is 36.1 Å². The Bertz CT molecular complexity index is 689. The van der Waals surface area contributed by atoms with E-state index in [4.69, 9.17) is 28.2 Å². The average molecular weight is 716 g/mol. The first-order valence-electron chi connectivity index (χ1n) is 11.6. The Morgan fingerprint density at radius 1 is 0.571 bits per heavy atom. The van der Waals surface area contributed by atoms with Gasteiger partial charge in [0.05, 0.1) is 44.5 Å². The summed E-state index contributed by atoms with van der Waals surface area (Å²) in [4.78, 5) is 0. The molecule has 0 bridgehead atoms. The Labute approximate surface area is 236 Å². The molecule has 0 heterocycles. The first-order valence-corrected chi connectivity index (χ1v) is 22.2. The van der Waals surface area contributed by atoms with Gasteiger partial charge in [-0.05, 0) is 95.9 Å². The van der Waals surface area contributed by atoms with E-state index in [1.54, 1.807) is 0 Å². The summed E-state index contributed by atoms with van der Waals surface area (Å²) in [5.74, 6) is -0.208. The van der Waals surface area contributed by atoms with Gasteiger partial charge in [-0.1, -0.05) is 0 Å². The van der Waals surface area contributed by atoms with Crippen LogP contribution in [-0.2, 0) is 36.2 Å². The Morgan fingerprint density at radius 3 is 0.857 bits per heavy atom. The zero-order chi connectivity index (χ0) is 29.1. The molecule has 0 radical (unpaired) electrons. The van der Waals surface area contributed by atoms with Crippen molar-refractivity contribution in [2.45, 2.75) is 117 Å². The van der Waals surface area contributed by atoms with Crippen molar-refractivity contribution in [2.24, 2.45) is 0 Å². The maximum absolute atomic E-state index is 10.7. The second kappa shape index (κ2) is 16.9. The molecule has 0 amide bonds. The summed E-state index contributed by atoms with van der Waals surface area (Å²) in [7, 11) is 0.692. The fraction of sp³-hybridized carbons (Fsp3) is 1.00. The van der Waals surface area contributed by atoms with Crippen LogP contribution in [0.25, 0.3) is 0 Å². The van der Waals surface area contributed by atoms with Gasteiger partial charge in [0.15, 0.2) is 0 Å².